The third-order valence-electron chi connectivity index (χ3n) is 6.05. The summed E-state index contributed by atoms with van der Waals surface area (Å²) in [6, 6.07) is -0.940. The van der Waals surface area contributed by atoms with Crippen LogP contribution in [0.1, 0.15) is 25.3 Å². The molecular formula is C21H20F5N3O4. The first-order chi connectivity index (χ1) is 15.4. The first-order valence-electron chi connectivity index (χ1n) is 10.1. The summed E-state index contributed by atoms with van der Waals surface area (Å²) in [5.41, 5.74) is -1.56. The van der Waals surface area contributed by atoms with Crippen molar-refractivity contribution in [2.45, 2.75) is 50.4 Å². The van der Waals surface area contributed by atoms with Crippen molar-refractivity contribution in [3.63, 3.8) is 0 Å². The van der Waals surface area contributed by atoms with Crippen molar-refractivity contribution in [3.05, 3.63) is 58.4 Å². The molecule has 0 spiro atoms. The van der Waals surface area contributed by atoms with E-state index >= 15 is 0 Å². The lowest BCUT2D eigenvalue weighted by Crippen LogP contribution is -2.56. The summed E-state index contributed by atoms with van der Waals surface area (Å²) in [6.45, 7) is 0.660. The van der Waals surface area contributed by atoms with Crippen LogP contribution in [0.3, 0.4) is 0 Å². The summed E-state index contributed by atoms with van der Waals surface area (Å²) in [7, 11) is 0. The average molecular weight is 473 g/mol. The fourth-order valence-corrected chi connectivity index (χ4v) is 4.44. The van der Waals surface area contributed by atoms with Crippen molar-refractivity contribution in [1.82, 2.24) is 15.1 Å². The maximum absolute atomic E-state index is 14.4. The number of carbonyl (C=O) groups is 2. The quantitative estimate of drug-likeness (QED) is 0.585. The zero-order valence-electron chi connectivity index (χ0n) is 17.3. The number of rotatable bonds is 3. The van der Waals surface area contributed by atoms with E-state index in [9.17, 15) is 41.8 Å². The number of nitrogens with one attached hydrogen (secondary N) is 1. The maximum atomic E-state index is 14.4. The largest absolute Gasteiger partial charge is 0.507 e. The molecule has 33 heavy (non-hydrogen) atoms. The molecule has 2 saturated heterocycles. The van der Waals surface area contributed by atoms with Crippen LogP contribution in [0.2, 0.25) is 0 Å². The van der Waals surface area contributed by atoms with Gasteiger partial charge in [0.05, 0.1) is 11.6 Å². The third kappa shape index (κ3) is 4.03. The monoisotopic (exact) mass is 473 g/mol. The lowest BCUT2D eigenvalue weighted by molar-refractivity contribution is -0.135. The zero-order chi connectivity index (χ0) is 24.2. The highest BCUT2D eigenvalue weighted by atomic mass is 19.3. The molecular weight excluding hydrogens is 453 g/mol. The summed E-state index contributed by atoms with van der Waals surface area (Å²) in [5.74, 6) is -9.47. The Hall–Kier alpha value is -3.15. The number of benzene rings is 1. The average Bonchev–Trinajstić information content (AvgIpc) is 2.80. The second-order valence-corrected chi connectivity index (χ2v) is 8.38. The number of aliphatic hydroxyl groups is 2. The number of carbonyl (C=O) groups excluding carboxylic acids is 2. The van der Waals surface area contributed by atoms with E-state index in [1.807, 2.05) is 0 Å². The molecule has 0 radical (unpaired) electrons. The standard InChI is InChI=1S/C21H20F5N3O4/c1-9-4-21(25,26)5-11-7-28(9)20(33)16-18(31)17(30)13(8-29(11)16)19(32)27-6-12-14(23)2-10(22)3-15(12)24/h2-3,8-9,11,17,30-31H,4-7H2,1H3,(H,27,32). The molecule has 1 aromatic rings. The summed E-state index contributed by atoms with van der Waals surface area (Å²) in [4.78, 5) is 27.7. The van der Waals surface area contributed by atoms with E-state index < -0.39 is 95.4 Å². The van der Waals surface area contributed by atoms with Crippen LogP contribution in [0.25, 0.3) is 0 Å². The van der Waals surface area contributed by atoms with Crippen molar-refractivity contribution in [3.8, 4) is 0 Å². The van der Waals surface area contributed by atoms with E-state index in [0.29, 0.717) is 12.1 Å². The third-order valence-corrected chi connectivity index (χ3v) is 6.05. The minimum absolute atomic E-state index is 0.0835. The van der Waals surface area contributed by atoms with Crippen LogP contribution < -0.4 is 5.32 Å². The van der Waals surface area contributed by atoms with E-state index in [1.165, 1.54) is 11.8 Å². The minimum atomic E-state index is -3.12. The van der Waals surface area contributed by atoms with Crippen LogP contribution in [0, 0.1) is 17.5 Å². The van der Waals surface area contributed by atoms with Gasteiger partial charge in [0.25, 0.3) is 17.7 Å². The number of hydrogen-bond acceptors (Lipinski definition) is 5. The Morgan fingerprint density at radius 1 is 1.21 bits per heavy atom. The highest BCUT2D eigenvalue weighted by Crippen LogP contribution is 2.40. The van der Waals surface area contributed by atoms with Gasteiger partial charge in [0.15, 0.2) is 5.76 Å². The molecule has 2 bridgehead atoms. The van der Waals surface area contributed by atoms with Crippen LogP contribution in [-0.4, -0.2) is 62.5 Å². The topological polar surface area (TPSA) is 93.1 Å². The number of alkyl halides is 2. The van der Waals surface area contributed by atoms with Crippen LogP contribution in [0.5, 0.6) is 0 Å². The second kappa shape index (κ2) is 8.01. The van der Waals surface area contributed by atoms with Crippen molar-refractivity contribution < 1.29 is 41.8 Å². The van der Waals surface area contributed by atoms with Gasteiger partial charge in [-0.3, -0.25) is 9.59 Å². The molecule has 3 atom stereocenters. The Kier molecular flexibility index (Phi) is 5.59. The zero-order valence-corrected chi connectivity index (χ0v) is 17.3. The number of aliphatic hydroxyl groups excluding tert-OH is 2. The van der Waals surface area contributed by atoms with Gasteiger partial charge in [-0.05, 0) is 6.92 Å². The van der Waals surface area contributed by atoms with Gasteiger partial charge in [0.2, 0.25) is 0 Å². The van der Waals surface area contributed by atoms with E-state index in [-0.39, 0.29) is 6.54 Å². The fourth-order valence-electron chi connectivity index (χ4n) is 4.44. The lowest BCUT2D eigenvalue weighted by Gasteiger charge is -2.44. The highest BCUT2D eigenvalue weighted by Gasteiger charge is 2.51. The van der Waals surface area contributed by atoms with Crippen LogP contribution >= 0.6 is 0 Å². The summed E-state index contributed by atoms with van der Waals surface area (Å²) < 4.78 is 69.5. The first-order valence-corrected chi connectivity index (χ1v) is 10.1. The van der Waals surface area contributed by atoms with E-state index in [4.69, 9.17) is 0 Å². The van der Waals surface area contributed by atoms with Crippen molar-refractivity contribution in [1.29, 1.82) is 0 Å². The van der Waals surface area contributed by atoms with Gasteiger partial charge in [-0.1, -0.05) is 0 Å². The lowest BCUT2D eigenvalue weighted by atomic mass is 9.96. The second-order valence-electron chi connectivity index (χ2n) is 8.38. The SMILES string of the molecule is CC1CC(F)(F)CC2CN1C(=O)C1=C(O)C(O)C(C(=O)NCc3c(F)cc(F)cc3F)=CN12. The number of amides is 2. The van der Waals surface area contributed by atoms with E-state index in [2.05, 4.69) is 5.32 Å². The van der Waals surface area contributed by atoms with Gasteiger partial charge in [0.1, 0.15) is 29.3 Å². The van der Waals surface area contributed by atoms with Crippen LogP contribution in [0.4, 0.5) is 22.0 Å². The minimum Gasteiger partial charge on any atom is -0.507 e. The molecule has 3 aliphatic heterocycles. The van der Waals surface area contributed by atoms with Gasteiger partial charge in [-0.15, -0.1) is 0 Å². The summed E-state index contributed by atoms with van der Waals surface area (Å²) >= 11 is 0. The number of halogens is 5. The van der Waals surface area contributed by atoms with Crippen LogP contribution in [0.15, 0.2) is 35.4 Å². The van der Waals surface area contributed by atoms with Crippen molar-refractivity contribution in [2.24, 2.45) is 0 Å². The van der Waals surface area contributed by atoms with Gasteiger partial charge in [-0.2, -0.15) is 0 Å². The molecule has 1 aromatic carbocycles. The molecule has 3 unspecified atom stereocenters. The molecule has 2 fully saturated rings. The Balaban J connectivity index is 1.62. The predicted molar refractivity (Wildman–Crippen MR) is 103 cm³/mol. The molecule has 3 heterocycles. The molecule has 2 amide bonds. The highest BCUT2D eigenvalue weighted by molar-refractivity contribution is 5.99. The first kappa shape index (κ1) is 23.0. The van der Waals surface area contributed by atoms with Gasteiger partial charge < -0.3 is 25.3 Å². The molecule has 4 rings (SSSR count). The fraction of sp³-hybridized carbons (Fsp3) is 0.429. The molecule has 7 nitrogen and oxygen atoms in total. The van der Waals surface area contributed by atoms with Crippen molar-refractivity contribution in [2.75, 3.05) is 6.54 Å². The Labute approximate surface area is 184 Å². The predicted octanol–water partition coefficient (Wildman–Crippen LogP) is 2.08. The summed E-state index contributed by atoms with van der Waals surface area (Å²) in [5, 5.41) is 23.1. The van der Waals surface area contributed by atoms with Gasteiger partial charge in [0, 0.05) is 55.9 Å². The Morgan fingerprint density at radius 2 is 1.85 bits per heavy atom. The van der Waals surface area contributed by atoms with Gasteiger partial charge in [-0.25, -0.2) is 22.0 Å². The molecule has 12 heteroatoms. The number of fused-ring (bicyclic) bond motifs is 4. The molecule has 178 valence electrons. The smallest absolute Gasteiger partial charge is 0.274 e. The normalized spacial score (nSPS) is 26.6. The molecule has 3 N–H and O–H groups in total. The van der Waals surface area contributed by atoms with E-state index in [0.717, 1.165) is 11.1 Å². The van der Waals surface area contributed by atoms with E-state index in [1.54, 1.807) is 0 Å². The van der Waals surface area contributed by atoms with Crippen LogP contribution in [-0.2, 0) is 16.1 Å². The molecule has 0 aromatic heterocycles. The Bertz CT molecular complexity index is 1070. The maximum Gasteiger partial charge on any atom is 0.274 e. The molecule has 3 aliphatic rings. The number of hydrogen-bond donors (Lipinski definition) is 3. The summed E-state index contributed by atoms with van der Waals surface area (Å²) in [6.07, 6.45) is -2.23. The van der Waals surface area contributed by atoms with Crippen molar-refractivity contribution >= 4 is 11.8 Å². The number of piperazine rings is 1. The van der Waals surface area contributed by atoms with Gasteiger partial charge >= 0.3 is 0 Å². The number of nitrogens with zero attached hydrogens (tertiary/aromatic N) is 2. The Morgan fingerprint density at radius 3 is 2.48 bits per heavy atom. The molecule has 0 saturated carbocycles. The molecule has 0 aliphatic carbocycles.